The Bertz CT molecular complexity index is 916. The van der Waals surface area contributed by atoms with Crippen molar-refractivity contribution in [1.29, 1.82) is 0 Å². The zero-order chi connectivity index (χ0) is 17.6. The molecule has 1 amide bonds. The topological polar surface area (TPSA) is 90.1 Å². The fourth-order valence-corrected chi connectivity index (χ4v) is 2.24. The molecule has 0 aliphatic carbocycles. The van der Waals surface area contributed by atoms with Crippen molar-refractivity contribution in [2.75, 3.05) is 5.32 Å². The third-order valence-corrected chi connectivity index (χ3v) is 3.44. The van der Waals surface area contributed by atoms with E-state index in [1.165, 1.54) is 18.2 Å². The summed E-state index contributed by atoms with van der Waals surface area (Å²) in [7, 11) is 0. The van der Waals surface area contributed by atoms with Crippen molar-refractivity contribution in [1.82, 2.24) is 9.78 Å². The molecule has 1 N–H and O–H groups in total. The van der Waals surface area contributed by atoms with Crippen molar-refractivity contribution in [3.8, 4) is 5.69 Å². The van der Waals surface area contributed by atoms with Gasteiger partial charge in [-0.2, -0.15) is 5.10 Å². The maximum atomic E-state index is 12.1. The predicted octanol–water partition coefficient (Wildman–Crippen LogP) is 3.43. The summed E-state index contributed by atoms with van der Waals surface area (Å²) < 4.78 is 1.66. The van der Waals surface area contributed by atoms with Crippen molar-refractivity contribution in [2.24, 2.45) is 0 Å². The number of aromatic nitrogens is 2. The van der Waals surface area contributed by atoms with E-state index in [2.05, 4.69) is 10.4 Å². The Morgan fingerprint density at radius 1 is 1.12 bits per heavy atom. The first kappa shape index (κ1) is 16.1. The van der Waals surface area contributed by atoms with E-state index in [1.807, 2.05) is 18.2 Å². The SMILES string of the molecule is O=C(/C=C/c1ccc([N+](=O)[O-])cc1)Nc1ccccc1-n1cccn1. The van der Waals surface area contributed by atoms with Gasteiger partial charge in [0, 0.05) is 30.6 Å². The molecule has 0 saturated carbocycles. The number of amides is 1. The van der Waals surface area contributed by atoms with Crippen LogP contribution in [-0.2, 0) is 4.79 Å². The van der Waals surface area contributed by atoms with Gasteiger partial charge in [-0.05, 0) is 42.0 Å². The van der Waals surface area contributed by atoms with E-state index < -0.39 is 4.92 Å². The second-order valence-electron chi connectivity index (χ2n) is 5.14. The zero-order valence-corrected chi connectivity index (χ0v) is 13.1. The van der Waals surface area contributed by atoms with Gasteiger partial charge in [0.15, 0.2) is 0 Å². The summed E-state index contributed by atoms with van der Waals surface area (Å²) in [4.78, 5) is 22.3. The highest BCUT2D eigenvalue weighted by Crippen LogP contribution is 2.19. The van der Waals surface area contributed by atoms with Gasteiger partial charge < -0.3 is 5.32 Å². The highest BCUT2D eigenvalue weighted by Gasteiger charge is 2.06. The number of anilines is 1. The van der Waals surface area contributed by atoms with Gasteiger partial charge in [0.1, 0.15) is 0 Å². The number of nitrogens with one attached hydrogen (secondary N) is 1. The molecule has 2 aromatic carbocycles. The van der Waals surface area contributed by atoms with Gasteiger partial charge in [-0.15, -0.1) is 0 Å². The summed E-state index contributed by atoms with van der Waals surface area (Å²) >= 11 is 0. The van der Waals surface area contributed by atoms with Crippen LogP contribution in [0, 0.1) is 10.1 Å². The number of para-hydroxylation sites is 2. The van der Waals surface area contributed by atoms with E-state index in [-0.39, 0.29) is 11.6 Å². The number of hydrogen-bond donors (Lipinski definition) is 1. The van der Waals surface area contributed by atoms with E-state index in [1.54, 1.807) is 47.4 Å². The number of carbonyl (C=O) groups excluding carboxylic acids is 1. The molecule has 0 atom stereocenters. The average molecular weight is 334 g/mol. The number of nitro groups is 1. The van der Waals surface area contributed by atoms with Gasteiger partial charge in [0.2, 0.25) is 5.91 Å². The molecule has 25 heavy (non-hydrogen) atoms. The lowest BCUT2D eigenvalue weighted by atomic mass is 10.2. The molecule has 0 bridgehead atoms. The van der Waals surface area contributed by atoms with Gasteiger partial charge in [0.25, 0.3) is 5.69 Å². The molecule has 1 heterocycles. The van der Waals surface area contributed by atoms with Crippen molar-refractivity contribution in [3.05, 3.63) is 88.7 Å². The Labute approximate surface area is 143 Å². The lowest BCUT2D eigenvalue weighted by molar-refractivity contribution is -0.384. The molecule has 0 spiro atoms. The van der Waals surface area contributed by atoms with Crippen molar-refractivity contribution >= 4 is 23.4 Å². The molecule has 3 rings (SSSR count). The molecule has 7 nitrogen and oxygen atoms in total. The van der Waals surface area contributed by atoms with Crippen molar-refractivity contribution in [2.45, 2.75) is 0 Å². The van der Waals surface area contributed by atoms with Gasteiger partial charge in [0.05, 0.1) is 16.3 Å². The molecule has 0 unspecified atom stereocenters. The Kier molecular flexibility index (Phi) is 4.66. The summed E-state index contributed by atoms with van der Waals surface area (Å²) in [6.45, 7) is 0. The molecule has 0 fully saturated rings. The van der Waals surface area contributed by atoms with Gasteiger partial charge in [-0.3, -0.25) is 14.9 Å². The van der Waals surface area contributed by atoms with Crippen LogP contribution < -0.4 is 5.32 Å². The van der Waals surface area contributed by atoms with Crippen LogP contribution in [0.3, 0.4) is 0 Å². The van der Waals surface area contributed by atoms with Crippen LogP contribution in [0.5, 0.6) is 0 Å². The highest BCUT2D eigenvalue weighted by molar-refractivity contribution is 6.03. The largest absolute Gasteiger partial charge is 0.321 e. The molecule has 0 saturated heterocycles. The van der Waals surface area contributed by atoms with E-state index in [9.17, 15) is 14.9 Å². The van der Waals surface area contributed by atoms with Gasteiger partial charge in [-0.1, -0.05) is 12.1 Å². The summed E-state index contributed by atoms with van der Waals surface area (Å²) in [5.41, 5.74) is 2.09. The quantitative estimate of drug-likeness (QED) is 0.440. The van der Waals surface area contributed by atoms with E-state index in [0.717, 1.165) is 5.69 Å². The molecule has 7 heteroatoms. The Morgan fingerprint density at radius 2 is 1.88 bits per heavy atom. The van der Waals surface area contributed by atoms with Crippen LogP contribution in [0.15, 0.2) is 73.1 Å². The first-order valence-electron chi connectivity index (χ1n) is 7.46. The van der Waals surface area contributed by atoms with Crippen LogP contribution in [0.4, 0.5) is 11.4 Å². The number of carbonyl (C=O) groups is 1. The standard InChI is InChI=1S/C18H14N4O3/c23-18(11-8-14-6-9-15(10-7-14)22(24)25)20-16-4-1-2-5-17(16)21-13-3-12-19-21/h1-13H,(H,20,23)/b11-8+. The number of nitrogens with zero attached hydrogens (tertiary/aromatic N) is 3. The third-order valence-electron chi connectivity index (χ3n) is 3.44. The van der Waals surface area contributed by atoms with Crippen LogP contribution in [-0.4, -0.2) is 20.6 Å². The average Bonchev–Trinajstić information content (AvgIpc) is 3.15. The molecular formula is C18H14N4O3. The van der Waals surface area contributed by atoms with E-state index in [0.29, 0.717) is 11.3 Å². The molecule has 0 aliphatic heterocycles. The molecule has 0 aliphatic rings. The van der Waals surface area contributed by atoms with Crippen LogP contribution in [0.2, 0.25) is 0 Å². The molecule has 0 radical (unpaired) electrons. The minimum absolute atomic E-state index is 0.00903. The second kappa shape index (κ2) is 7.22. The minimum Gasteiger partial charge on any atom is -0.321 e. The fourth-order valence-electron chi connectivity index (χ4n) is 2.24. The van der Waals surface area contributed by atoms with Crippen molar-refractivity contribution in [3.63, 3.8) is 0 Å². The summed E-state index contributed by atoms with van der Waals surface area (Å²) in [6.07, 6.45) is 6.42. The molecule has 3 aromatic rings. The molecule has 1 aromatic heterocycles. The van der Waals surface area contributed by atoms with Crippen LogP contribution >= 0.6 is 0 Å². The Morgan fingerprint density at radius 3 is 2.56 bits per heavy atom. The van der Waals surface area contributed by atoms with Crippen molar-refractivity contribution < 1.29 is 9.72 Å². The third kappa shape index (κ3) is 3.97. The highest BCUT2D eigenvalue weighted by atomic mass is 16.6. The fraction of sp³-hybridized carbons (Fsp3) is 0. The second-order valence-corrected chi connectivity index (χ2v) is 5.14. The maximum Gasteiger partial charge on any atom is 0.269 e. The first-order valence-corrected chi connectivity index (χ1v) is 7.46. The number of non-ortho nitro benzene ring substituents is 1. The number of nitro benzene ring substituents is 1. The first-order chi connectivity index (χ1) is 12.1. The summed E-state index contributed by atoms with van der Waals surface area (Å²) in [5.74, 6) is -0.307. The number of benzene rings is 2. The summed E-state index contributed by atoms with van der Waals surface area (Å²) in [6, 6.07) is 15.1. The predicted molar refractivity (Wildman–Crippen MR) is 94.3 cm³/mol. The Hall–Kier alpha value is -3.74. The lowest BCUT2D eigenvalue weighted by Gasteiger charge is -2.09. The molecular weight excluding hydrogens is 320 g/mol. The van der Waals surface area contributed by atoms with Crippen LogP contribution in [0.1, 0.15) is 5.56 Å². The zero-order valence-electron chi connectivity index (χ0n) is 13.1. The minimum atomic E-state index is -0.466. The Balaban J connectivity index is 1.72. The van der Waals surface area contributed by atoms with Gasteiger partial charge in [-0.25, -0.2) is 4.68 Å². The summed E-state index contributed by atoms with van der Waals surface area (Å²) in [5, 5.41) is 17.6. The monoisotopic (exact) mass is 334 g/mol. The lowest BCUT2D eigenvalue weighted by Crippen LogP contribution is -2.10. The smallest absolute Gasteiger partial charge is 0.269 e. The number of hydrogen-bond acceptors (Lipinski definition) is 4. The van der Waals surface area contributed by atoms with Gasteiger partial charge >= 0.3 is 0 Å². The molecule has 124 valence electrons. The van der Waals surface area contributed by atoms with Crippen LogP contribution in [0.25, 0.3) is 11.8 Å². The normalized spacial score (nSPS) is 10.7. The number of rotatable bonds is 5. The maximum absolute atomic E-state index is 12.1. The van der Waals surface area contributed by atoms with E-state index in [4.69, 9.17) is 0 Å². The van der Waals surface area contributed by atoms with E-state index >= 15 is 0 Å².